The third-order valence-electron chi connectivity index (χ3n) is 8.02. The van der Waals surface area contributed by atoms with E-state index in [1.807, 2.05) is 11.0 Å². The normalized spacial score (nSPS) is 16.9. The Hall–Kier alpha value is -4.70. The number of esters is 2. The summed E-state index contributed by atoms with van der Waals surface area (Å²) in [6, 6.07) is 8.92. The fraction of sp³-hybridized carbons (Fsp3) is 0.515. The molecule has 18 heteroatoms. The van der Waals surface area contributed by atoms with E-state index < -0.39 is 50.4 Å². The lowest BCUT2D eigenvalue weighted by atomic mass is 10.2. The lowest BCUT2D eigenvalue weighted by Gasteiger charge is -2.34. The number of benzene rings is 1. The molecule has 2 aliphatic rings. The van der Waals surface area contributed by atoms with Gasteiger partial charge < -0.3 is 44.2 Å². The zero-order chi connectivity index (χ0) is 36.9. The van der Waals surface area contributed by atoms with Crippen LogP contribution in [0.15, 0.2) is 36.4 Å². The van der Waals surface area contributed by atoms with Gasteiger partial charge >= 0.3 is 24.5 Å². The van der Waals surface area contributed by atoms with E-state index in [1.54, 1.807) is 45.2 Å². The van der Waals surface area contributed by atoms with Gasteiger partial charge in [-0.2, -0.15) is 0 Å². The van der Waals surface area contributed by atoms with E-state index in [1.165, 1.54) is 11.0 Å². The van der Waals surface area contributed by atoms with Crippen LogP contribution in [0.2, 0.25) is 0 Å². The van der Waals surface area contributed by atoms with E-state index in [0.29, 0.717) is 37.3 Å². The predicted molar refractivity (Wildman–Crippen MR) is 182 cm³/mol. The molecule has 1 aromatic carbocycles. The molecule has 2 saturated heterocycles. The minimum absolute atomic E-state index is 0.000305. The first kappa shape index (κ1) is 39.1. The Morgan fingerprint density at radius 2 is 1.61 bits per heavy atom. The molecule has 3 atom stereocenters. The van der Waals surface area contributed by atoms with E-state index in [-0.39, 0.29) is 56.6 Å². The van der Waals surface area contributed by atoms with Crippen molar-refractivity contribution in [2.45, 2.75) is 64.6 Å². The Kier molecular flexibility index (Phi) is 14.6. The standard InChI is InChI=1S/C33H43N6O11P/c1-4-9-27(40)48-33(49-28(41)10-5-2)50-51(46)21-25(31(43)37-15-17-38(18-16-37)32(44)45)35-30(42)24-19-26(39-14-13-23(20-39)47-3)36-29(34-24)22-11-7-6-8-12-22/h6-8,11-12,19,21,23,25,33H,4-5,9-10,13-18,20H2,1-3H3,(H,35,42)(H,44,45)/t23-,25-/m0/s1. The second-order valence-electron chi connectivity index (χ2n) is 11.7. The molecule has 2 aliphatic heterocycles. The van der Waals surface area contributed by atoms with Crippen LogP contribution in [0.5, 0.6) is 0 Å². The number of hydrogen-bond donors (Lipinski definition) is 2. The number of nitrogens with one attached hydrogen (secondary N) is 1. The highest BCUT2D eigenvalue weighted by Crippen LogP contribution is 2.25. The molecule has 0 saturated carbocycles. The lowest BCUT2D eigenvalue weighted by Crippen LogP contribution is -2.56. The van der Waals surface area contributed by atoms with Gasteiger partial charge in [0.15, 0.2) is 11.9 Å². The lowest BCUT2D eigenvalue weighted by molar-refractivity contribution is -0.253. The van der Waals surface area contributed by atoms with Crippen LogP contribution in [0.3, 0.4) is 0 Å². The molecule has 3 amide bonds. The van der Waals surface area contributed by atoms with Gasteiger partial charge in [0.2, 0.25) is 8.00 Å². The van der Waals surface area contributed by atoms with Crippen LogP contribution in [0.1, 0.15) is 56.4 Å². The van der Waals surface area contributed by atoms with Crippen LogP contribution in [-0.4, -0.2) is 126 Å². The van der Waals surface area contributed by atoms with Gasteiger partial charge in [-0.15, -0.1) is 0 Å². The quantitative estimate of drug-likeness (QED) is 0.152. The third-order valence-corrected chi connectivity index (χ3v) is 8.94. The summed E-state index contributed by atoms with van der Waals surface area (Å²) in [7, 11) is -1.40. The number of amides is 3. The molecule has 1 aromatic heterocycles. The molecule has 0 radical (unpaired) electrons. The van der Waals surface area contributed by atoms with Gasteiger partial charge in [-0.05, 0) is 19.3 Å². The Morgan fingerprint density at radius 3 is 2.18 bits per heavy atom. The summed E-state index contributed by atoms with van der Waals surface area (Å²) in [5.74, 6) is -1.42. The summed E-state index contributed by atoms with van der Waals surface area (Å²) in [6.45, 7) is 2.67. The van der Waals surface area contributed by atoms with Crippen molar-refractivity contribution in [3.05, 3.63) is 42.1 Å². The first-order valence-corrected chi connectivity index (χ1v) is 17.9. The summed E-state index contributed by atoms with van der Waals surface area (Å²) in [5.41, 5.74) is 0.557. The van der Waals surface area contributed by atoms with E-state index >= 15 is 0 Å². The van der Waals surface area contributed by atoms with Crippen LogP contribution in [0.25, 0.3) is 11.4 Å². The minimum Gasteiger partial charge on any atom is -0.603 e. The van der Waals surface area contributed by atoms with E-state index in [4.69, 9.17) is 23.7 Å². The molecule has 3 heterocycles. The molecule has 276 valence electrons. The molecule has 1 unspecified atom stereocenters. The largest absolute Gasteiger partial charge is 0.603 e. The average molecular weight is 731 g/mol. The number of hydrogen-bond acceptors (Lipinski definition) is 13. The summed E-state index contributed by atoms with van der Waals surface area (Å²) in [5, 5.41) is 11.9. The molecule has 2 aromatic rings. The van der Waals surface area contributed by atoms with Crippen molar-refractivity contribution in [2.75, 3.05) is 51.3 Å². The Labute approximate surface area is 296 Å². The number of nitrogens with zero attached hydrogens (tertiary/aromatic N) is 5. The van der Waals surface area contributed by atoms with Crippen LogP contribution in [0.4, 0.5) is 10.6 Å². The SMILES string of the molecule is CCCC(=O)OC(OC(=O)CCC)O[P+]([O-])=C[C@H](NC(=O)c1cc(N2CC[C@H](OC)C2)nc(-c2ccccc2)n1)C(=O)N1CCN(C(=O)O)CC1. The monoisotopic (exact) mass is 730 g/mol. The first-order valence-electron chi connectivity index (χ1n) is 16.7. The highest BCUT2D eigenvalue weighted by atomic mass is 31.1. The minimum atomic E-state index is -3.03. The van der Waals surface area contributed by atoms with Gasteiger partial charge in [0.1, 0.15) is 17.3 Å². The molecular weight excluding hydrogens is 687 g/mol. The van der Waals surface area contributed by atoms with Crippen LogP contribution in [0, 0.1) is 0 Å². The summed E-state index contributed by atoms with van der Waals surface area (Å²) < 4.78 is 20.9. The molecule has 51 heavy (non-hydrogen) atoms. The van der Waals surface area contributed by atoms with Crippen molar-refractivity contribution >= 4 is 49.5 Å². The van der Waals surface area contributed by atoms with Gasteiger partial charge in [-0.3, -0.25) is 19.2 Å². The van der Waals surface area contributed by atoms with Crippen molar-refractivity contribution in [1.29, 1.82) is 0 Å². The zero-order valence-corrected chi connectivity index (χ0v) is 29.7. The van der Waals surface area contributed by atoms with Crippen molar-refractivity contribution in [3.63, 3.8) is 0 Å². The van der Waals surface area contributed by atoms with Gasteiger partial charge in [-0.25, -0.2) is 14.8 Å². The number of carbonyl (C=O) groups excluding carboxylic acids is 4. The number of carboxylic acid groups (broad SMARTS) is 1. The van der Waals surface area contributed by atoms with E-state index in [2.05, 4.69) is 10.3 Å². The Bertz CT molecular complexity index is 1550. The molecule has 4 rings (SSSR count). The number of methoxy groups -OCH3 is 1. The van der Waals surface area contributed by atoms with Crippen LogP contribution < -0.4 is 15.1 Å². The van der Waals surface area contributed by atoms with Crippen molar-refractivity contribution in [1.82, 2.24) is 25.1 Å². The first-order chi connectivity index (χ1) is 24.5. The van der Waals surface area contributed by atoms with Gasteiger partial charge in [-0.1, -0.05) is 48.7 Å². The fourth-order valence-corrected chi connectivity index (χ4v) is 6.07. The number of ether oxygens (including phenoxy) is 3. The topological polar surface area (TPSA) is 213 Å². The highest BCUT2D eigenvalue weighted by Gasteiger charge is 2.33. The summed E-state index contributed by atoms with van der Waals surface area (Å²) >= 11 is 0. The fourth-order valence-electron chi connectivity index (χ4n) is 5.30. The third kappa shape index (κ3) is 11.4. The van der Waals surface area contributed by atoms with Gasteiger partial charge in [0, 0.05) is 70.8 Å². The smallest absolute Gasteiger partial charge is 0.407 e. The Morgan fingerprint density at radius 1 is 0.980 bits per heavy atom. The molecule has 0 spiro atoms. The van der Waals surface area contributed by atoms with Crippen molar-refractivity contribution in [3.8, 4) is 11.4 Å². The molecule has 0 bridgehead atoms. The second-order valence-corrected chi connectivity index (χ2v) is 12.8. The van der Waals surface area contributed by atoms with Gasteiger partial charge in [0.25, 0.3) is 11.8 Å². The van der Waals surface area contributed by atoms with E-state index in [9.17, 15) is 34.0 Å². The molecule has 2 fully saturated rings. The number of piperazine rings is 1. The van der Waals surface area contributed by atoms with E-state index in [0.717, 1.165) is 17.1 Å². The number of anilines is 1. The zero-order valence-electron chi connectivity index (χ0n) is 28.8. The average Bonchev–Trinajstić information content (AvgIpc) is 3.61. The van der Waals surface area contributed by atoms with Crippen LogP contribution >= 0.6 is 8.00 Å². The number of aromatic nitrogens is 2. The Balaban J connectivity index is 1.65. The maximum atomic E-state index is 13.9. The van der Waals surface area contributed by atoms with Crippen LogP contribution in [-0.2, 0) is 33.1 Å². The summed E-state index contributed by atoms with van der Waals surface area (Å²) in [4.78, 5) is 90.5. The second kappa shape index (κ2) is 19.1. The van der Waals surface area contributed by atoms with Crippen molar-refractivity contribution in [2.24, 2.45) is 0 Å². The van der Waals surface area contributed by atoms with Gasteiger partial charge in [0.05, 0.1) is 6.10 Å². The number of rotatable bonds is 15. The molecule has 2 N–H and O–H groups in total. The maximum Gasteiger partial charge on any atom is 0.407 e. The number of carbonyl (C=O) groups is 5. The van der Waals surface area contributed by atoms with Crippen molar-refractivity contribution < 1.29 is 52.7 Å². The summed E-state index contributed by atoms with van der Waals surface area (Å²) in [6.07, 6.45) is 0.371. The maximum absolute atomic E-state index is 13.9. The molecular formula is C33H43N6O11P. The predicted octanol–water partition coefficient (Wildman–Crippen LogP) is 1.75. The highest BCUT2D eigenvalue weighted by molar-refractivity contribution is 7.45. The molecule has 17 nitrogen and oxygen atoms in total. The molecule has 0 aliphatic carbocycles.